The normalized spacial score (nSPS) is 14.0. The molecular weight excluding hydrogens is 280 g/mol. The minimum atomic E-state index is -1.77. The van der Waals surface area contributed by atoms with Gasteiger partial charge in [-0.25, -0.2) is 0 Å². The monoisotopic (exact) mass is 314 g/mol. The average molecular weight is 315 g/mol. The molecule has 0 aromatic carbocycles. The van der Waals surface area contributed by atoms with E-state index in [1.165, 1.54) is 0 Å². The maximum atomic E-state index is 11.1. The summed E-state index contributed by atoms with van der Waals surface area (Å²) in [5.41, 5.74) is 0. The van der Waals surface area contributed by atoms with Crippen LogP contribution in [-0.4, -0.2) is 26.5 Å². The Morgan fingerprint density at radius 1 is 1.14 bits per heavy atom. The van der Waals surface area contributed by atoms with Crippen LogP contribution >= 0.6 is 0 Å². The van der Waals surface area contributed by atoms with Crippen LogP contribution < -0.4 is 0 Å². The van der Waals surface area contributed by atoms with E-state index in [1.807, 2.05) is 0 Å². The third-order valence-corrected chi connectivity index (χ3v) is 8.96. The van der Waals surface area contributed by atoms with Crippen LogP contribution in [0, 0.1) is 0 Å². The maximum Gasteiger partial charge on any atom is 0.192 e. The Hall–Kier alpha value is -0.483. The van der Waals surface area contributed by atoms with Gasteiger partial charge in [-0.3, -0.25) is 0 Å². The van der Waals surface area contributed by atoms with Crippen molar-refractivity contribution in [3.8, 4) is 0 Å². The van der Waals surface area contributed by atoms with Crippen molar-refractivity contribution >= 4 is 20.4 Å². The summed E-state index contributed by atoms with van der Waals surface area (Å²) < 4.78 is 6.50. The van der Waals surface area contributed by atoms with Crippen LogP contribution in [0.4, 0.5) is 0 Å². The van der Waals surface area contributed by atoms with Crippen molar-refractivity contribution in [3.63, 3.8) is 0 Å². The lowest BCUT2D eigenvalue weighted by atomic mass is 10.0. The van der Waals surface area contributed by atoms with Crippen molar-refractivity contribution in [2.45, 2.75) is 96.9 Å². The standard InChI is InChI=1S/C17H34O3Si/c1-15(19)11-10-13-16(12-8-7-9-14-18)20-21(5,6)17(2,3)4/h14,16H,7-13H2,1-6H3. The molecule has 0 saturated heterocycles. The Morgan fingerprint density at radius 3 is 2.19 bits per heavy atom. The van der Waals surface area contributed by atoms with Crippen LogP contribution in [0.1, 0.15) is 72.6 Å². The molecule has 0 aliphatic rings. The molecule has 0 spiro atoms. The quantitative estimate of drug-likeness (QED) is 0.309. The fourth-order valence-corrected chi connectivity index (χ4v) is 3.46. The summed E-state index contributed by atoms with van der Waals surface area (Å²) in [6.45, 7) is 12.9. The minimum absolute atomic E-state index is 0.203. The molecule has 21 heavy (non-hydrogen) atoms. The first-order valence-electron chi connectivity index (χ1n) is 8.21. The van der Waals surface area contributed by atoms with E-state index >= 15 is 0 Å². The van der Waals surface area contributed by atoms with Gasteiger partial charge in [-0.05, 0) is 50.7 Å². The number of carbonyl (C=O) groups excluding carboxylic acids is 2. The van der Waals surface area contributed by atoms with Crippen LogP contribution in [0.25, 0.3) is 0 Å². The first kappa shape index (κ1) is 20.5. The van der Waals surface area contributed by atoms with E-state index in [-0.39, 0.29) is 16.9 Å². The third kappa shape index (κ3) is 9.20. The first-order chi connectivity index (χ1) is 9.60. The fourth-order valence-electron chi connectivity index (χ4n) is 2.03. The Morgan fingerprint density at radius 2 is 1.71 bits per heavy atom. The van der Waals surface area contributed by atoms with Crippen molar-refractivity contribution in [3.05, 3.63) is 0 Å². The smallest absolute Gasteiger partial charge is 0.192 e. The lowest BCUT2D eigenvalue weighted by Crippen LogP contribution is -2.44. The largest absolute Gasteiger partial charge is 0.414 e. The highest BCUT2D eigenvalue weighted by atomic mass is 28.4. The lowest BCUT2D eigenvalue weighted by Gasteiger charge is -2.39. The zero-order chi connectivity index (χ0) is 16.5. The number of Topliss-reactive ketones (excluding diaryl/α,β-unsaturated/α-hetero) is 1. The second-order valence-electron chi connectivity index (χ2n) is 7.55. The van der Waals surface area contributed by atoms with Gasteiger partial charge >= 0.3 is 0 Å². The number of carbonyl (C=O) groups is 2. The first-order valence-corrected chi connectivity index (χ1v) is 11.1. The molecule has 0 rings (SSSR count). The highest BCUT2D eigenvalue weighted by molar-refractivity contribution is 6.74. The van der Waals surface area contributed by atoms with E-state index in [0.717, 1.165) is 38.4 Å². The summed E-state index contributed by atoms with van der Waals surface area (Å²) in [4.78, 5) is 21.5. The van der Waals surface area contributed by atoms with Crippen molar-refractivity contribution in [1.29, 1.82) is 0 Å². The molecule has 4 heteroatoms. The number of hydrogen-bond donors (Lipinski definition) is 0. The molecule has 0 aromatic heterocycles. The highest BCUT2D eigenvalue weighted by Gasteiger charge is 2.38. The van der Waals surface area contributed by atoms with Crippen LogP contribution in [-0.2, 0) is 14.0 Å². The van der Waals surface area contributed by atoms with Gasteiger partial charge in [0.25, 0.3) is 0 Å². The molecule has 0 N–H and O–H groups in total. The third-order valence-electron chi connectivity index (χ3n) is 4.42. The Bertz CT molecular complexity index is 318. The molecule has 0 saturated carbocycles. The van der Waals surface area contributed by atoms with Gasteiger partial charge in [0.05, 0.1) is 0 Å². The maximum absolute atomic E-state index is 11.1. The molecule has 0 heterocycles. The molecule has 0 aromatic rings. The van der Waals surface area contributed by atoms with Crippen molar-refractivity contribution < 1.29 is 14.0 Å². The molecule has 0 bridgehead atoms. The van der Waals surface area contributed by atoms with Gasteiger partial charge in [0.2, 0.25) is 0 Å². The topological polar surface area (TPSA) is 43.4 Å². The molecule has 0 aliphatic carbocycles. The summed E-state index contributed by atoms with van der Waals surface area (Å²) in [7, 11) is -1.77. The van der Waals surface area contributed by atoms with E-state index in [2.05, 4.69) is 33.9 Å². The van der Waals surface area contributed by atoms with Crippen LogP contribution in [0.5, 0.6) is 0 Å². The van der Waals surface area contributed by atoms with Gasteiger partial charge in [-0.1, -0.05) is 27.2 Å². The highest BCUT2D eigenvalue weighted by Crippen LogP contribution is 2.38. The average Bonchev–Trinajstić information content (AvgIpc) is 2.32. The SMILES string of the molecule is CC(=O)CCCC(CCCCC=O)O[Si](C)(C)C(C)(C)C. The lowest BCUT2D eigenvalue weighted by molar-refractivity contribution is -0.117. The number of ketones is 1. The van der Waals surface area contributed by atoms with Crippen molar-refractivity contribution in [1.82, 2.24) is 0 Å². The summed E-state index contributed by atoms with van der Waals surface area (Å²) >= 11 is 0. The number of hydrogen-bond acceptors (Lipinski definition) is 3. The van der Waals surface area contributed by atoms with Gasteiger partial charge < -0.3 is 14.0 Å². The number of unbranched alkanes of at least 4 members (excludes halogenated alkanes) is 2. The van der Waals surface area contributed by atoms with Crippen LogP contribution in [0.15, 0.2) is 0 Å². The van der Waals surface area contributed by atoms with Crippen molar-refractivity contribution in [2.24, 2.45) is 0 Å². The molecule has 0 aliphatic heterocycles. The predicted molar refractivity (Wildman–Crippen MR) is 91.1 cm³/mol. The summed E-state index contributed by atoms with van der Waals surface area (Å²) in [5.74, 6) is 0.252. The van der Waals surface area contributed by atoms with Gasteiger partial charge in [0, 0.05) is 18.9 Å². The second-order valence-corrected chi connectivity index (χ2v) is 12.3. The Labute approximate surface area is 132 Å². The summed E-state index contributed by atoms with van der Waals surface area (Å²) in [5, 5.41) is 0.203. The van der Waals surface area contributed by atoms with E-state index < -0.39 is 8.32 Å². The van der Waals surface area contributed by atoms with Crippen LogP contribution in [0.3, 0.4) is 0 Å². The summed E-state index contributed by atoms with van der Waals surface area (Å²) in [6, 6.07) is 0. The molecule has 1 atom stereocenters. The van der Waals surface area contributed by atoms with E-state index in [9.17, 15) is 9.59 Å². The molecule has 124 valence electrons. The van der Waals surface area contributed by atoms with E-state index in [4.69, 9.17) is 4.43 Å². The van der Waals surface area contributed by atoms with Gasteiger partial charge in [-0.15, -0.1) is 0 Å². The zero-order valence-corrected chi connectivity index (χ0v) is 15.8. The summed E-state index contributed by atoms with van der Waals surface area (Å²) in [6.07, 6.45) is 7.32. The molecule has 3 nitrogen and oxygen atoms in total. The Balaban J connectivity index is 4.48. The minimum Gasteiger partial charge on any atom is -0.414 e. The second kappa shape index (κ2) is 9.52. The number of aldehydes is 1. The molecule has 0 fully saturated rings. The molecule has 0 radical (unpaired) electrons. The molecule has 0 amide bonds. The number of rotatable bonds is 11. The van der Waals surface area contributed by atoms with Crippen LogP contribution in [0.2, 0.25) is 18.1 Å². The van der Waals surface area contributed by atoms with E-state index in [0.29, 0.717) is 12.8 Å². The Kier molecular flexibility index (Phi) is 9.30. The molecular formula is C17H34O3Si. The van der Waals surface area contributed by atoms with Crippen molar-refractivity contribution in [2.75, 3.05) is 0 Å². The van der Waals surface area contributed by atoms with Gasteiger partial charge in [0.15, 0.2) is 8.32 Å². The predicted octanol–water partition coefficient (Wildman–Crippen LogP) is 4.90. The van der Waals surface area contributed by atoms with E-state index in [1.54, 1.807) is 6.92 Å². The van der Waals surface area contributed by atoms with Gasteiger partial charge in [-0.2, -0.15) is 0 Å². The van der Waals surface area contributed by atoms with Gasteiger partial charge in [0.1, 0.15) is 12.1 Å². The fraction of sp³-hybridized carbons (Fsp3) is 0.882. The molecule has 1 unspecified atom stereocenters. The zero-order valence-electron chi connectivity index (χ0n) is 14.8.